The minimum Gasteiger partial charge on any atom is -0.504 e. The summed E-state index contributed by atoms with van der Waals surface area (Å²) in [7, 11) is 0. The van der Waals surface area contributed by atoms with Gasteiger partial charge in [-0.3, -0.25) is 0 Å². The topological polar surface area (TPSA) is 87.0 Å². The highest BCUT2D eigenvalue weighted by Crippen LogP contribution is 2.35. The largest absolute Gasteiger partial charge is 0.504 e. The zero-order valence-corrected chi connectivity index (χ0v) is 12.8. The molecule has 1 saturated carbocycles. The highest BCUT2D eigenvalue weighted by molar-refractivity contribution is 5.91. The first kappa shape index (κ1) is 16.5. The number of aromatic hydroxyl groups is 3. The second kappa shape index (κ2) is 7.92. The van der Waals surface area contributed by atoms with Crippen molar-refractivity contribution in [2.24, 2.45) is 0 Å². The number of rotatable bonds is 2. The van der Waals surface area contributed by atoms with Gasteiger partial charge in [0.25, 0.3) is 0 Å². The number of carbonyl (C=O) groups excluding carboxylic acids is 1. The fraction of sp³-hybridized carbons (Fsp3) is 0.588. The number of phenols is 3. The van der Waals surface area contributed by atoms with Crippen molar-refractivity contribution in [3.8, 4) is 17.2 Å². The van der Waals surface area contributed by atoms with E-state index in [0.717, 1.165) is 50.7 Å². The molecule has 0 radical (unpaired) electrons. The third-order valence-electron chi connectivity index (χ3n) is 4.13. The Hall–Kier alpha value is -1.91. The Labute approximate surface area is 130 Å². The molecule has 22 heavy (non-hydrogen) atoms. The average molecular weight is 308 g/mol. The van der Waals surface area contributed by atoms with Crippen LogP contribution in [0.5, 0.6) is 17.2 Å². The van der Waals surface area contributed by atoms with E-state index in [1.807, 2.05) is 0 Å². The molecular weight excluding hydrogens is 284 g/mol. The van der Waals surface area contributed by atoms with Crippen LogP contribution in [-0.2, 0) is 4.74 Å². The Bertz CT molecular complexity index is 479. The Kier molecular flexibility index (Phi) is 5.92. The van der Waals surface area contributed by atoms with Crippen LogP contribution in [-0.4, -0.2) is 27.4 Å². The monoisotopic (exact) mass is 308 g/mol. The Morgan fingerprint density at radius 3 is 1.82 bits per heavy atom. The van der Waals surface area contributed by atoms with Crippen LogP contribution in [0.3, 0.4) is 0 Å². The number of esters is 1. The fourth-order valence-electron chi connectivity index (χ4n) is 2.83. The third kappa shape index (κ3) is 4.55. The van der Waals surface area contributed by atoms with E-state index in [0.29, 0.717) is 0 Å². The number of benzene rings is 1. The Morgan fingerprint density at radius 2 is 1.32 bits per heavy atom. The van der Waals surface area contributed by atoms with E-state index in [1.54, 1.807) is 0 Å². The summed E-state index contributed by atoms with van der Waals surface area (Å²) in [5.74, 6) is -2.27. The van der Waals surface area contributed by atoms with Crippen molar-refractivity contribution >= 4 is 5.97 Å². The summed E-state index contributed by atoms with van der Waals surface area (Å²) in [4.78, 5) is 12.2. The molecule has 1 aliphatic rings. The quantitative estimate of drug-likeness (QED) is 0.570. The molecule has 1 aromatic rings. The lowest BCUT2D eigenvalue weighted by Gasteiger charge is -2.19. The number of hydrogen-bond donors (Lipinski definition) is 3. The van der Waals surface area contributed by atoms with E-state index < -0.39 is 23.2 Å². The molecule has 0 aromatic heterocycles. The zero-order chi connectivity index (χ0) is 15.9. The minimum atomic E-state index is -0.629. The molecule has 1 aliphatic carbocycles. The van der Waals surface area contributed by atoms with Gasteiger partial charge in [-0.2, -0.15) is 0 Å². The van der Waals surface area contributed by atoms with Gasteiger partial charge < -0.3 is 20.1 Å². The first-order valence-electron chi connectivity index (χ1n) is 8.04. The van der Waals surface area contributed by atoms with Crippen molar-refractivity contribution < 1.29 is 24.9 Å². The van der Waals surface area contributed by atoms with Crippen LogP contribution >= 0.6 is 0 Å². The van der Waals surface area contributed by atoms with Gasteiger partial charge in [-0.25, -0.2) is 4.79 Å². The van der Waals surface area contributed by atoms with Crippen LogP contribution in [0.25, 0.3) is 0 Å². The lowest BCUT2D eigenvalue weighted by atomic mass is 9.99. The molecule has 0 aliphatic heterocycles. The van der Waals surface area contributed by atoms with Crippen molar-refractivity contribution in [1.82, 2.24) is 0 Å². The molecule has 3 N–H and O–H groups in total. The van der Waals surface area contributed by atoms with Crippen LogP contribution in [0.2, 0.25) is 0 Å². The van der Waals surface area contributed by atoms with E-state index >= 15 is 0 Å². The van der Waals surface area contributed by atoms with Crippen molar-refractivity contribution in [2.45, 2.75) is 63.9 Å². The molecule has 1 aromatic carbocycles. The summed E-state index contributed by atoms with van der Waals surface area (Å²) >= 11 is 0. The molecular formula is C17H24O5. The Balaban J connectivity index is 1.99. The first-order valence-corrected chi connectivity index (χ1v) is 8.04. The zero-order valence-electron chi connectivity index (χ0n) is 12.8. The van der Waals surface area contributed by atoms with Crippen LogP contribution < -0.4 is 0 Å². The van der Waals surface area contributed by atoms with E-state index in [9.17, 15) is 20.1 Å². The maximum atomic E-state index is 12.2. The van der Waals surface area contributed by atoms with Crippen LogP contribution in [0, 0.1) is 0 Å². The van der Waals surface area contributed by atoms with E-state index in [-0.39, 0.29) is 11.7 Å². The lowest BCUT2D eigenvalue weighted by Crippen LogP contribution is -2.19. The maximum Gasteiger partial charge on any atom is 0.338 e. The van der Waals surface area contributed by atoms with Gasteiger partial charge in [0, 0.05) is 0 Å². The summed E-state index contributed by atoms with van der Waals surface area (Å²) in [6.07, 6.45) is 9.75. The SMILES string of the molecule is O=C(OC1CCCCCCCCC1)c1cc(O)c(O)c(O)c1. The van der Waals surface area contributed by atoms with Gasteiger partial charge in [0.2, 0.25) is 0 Å². The predicted octanol–water partition coefficient (Wildman–Crippen LogP) is 3.85. The molecule has 0 saturated heterocycles. The third-order valence-corrected chi connectivity index (χ3v) is 4.13. The standard InChI is InChI=1S/C17H24O5/c18-14-10-12(11-15(19)16(14)20)17(21)22-13-8-6-4-2-1-3-5-7-9-13/h10-11,13,18-20H,1-9H2. The highest BCUT2D eigenvalue weighted by atomic mass is 16.5. The number of phenolic OH excluding ortho intramolecular Hbond substituents is 3. The van der Waals surface area contributed by atoms with Gasteiger partial charge in [-0.05, 0) is 37.8 Å². The number of carbonyl (C=O) groups is 1. The minimum absolute atomic E-state index is 0.0462. The second-order valence-corrected chi connectivity index (χ2v) is 5.94. The van der Waals surface area contributed by atoms with Gasteiger partial charge in [0.15, 0.2) is 17.2 Å². The lowest BCUT2D eigenvalue weighted by molar-refractivity contribution is 0.0245. The van der Waals surface area contributed by atoms with Crippen molar-refractivity contribution in [3.05, 3.63) is 17.7 Å². The van der Waals surface area contributed by atoms with E-state index in [1.165, 1.54) is 19.3 Å². The fourth-order valence-corrected chi connectivity index (χ4v) is 2.83. The molecule has 5 nitrogen and oxygen atoms in total. The van der Waals surface area contributed by atoms with Crippen LogP contribution in [0.1, 0.15) is 68.1 Å². The molecule has 5 heteroatoms. The molecule has 1 fully saturated rings. The molecule has 0 bridgehead atoms. The second-order valence-electron chi connectivity index (χ2n) is 5.94. The molecule has 0 spiro atoms. The summed E-state index contributed by atoms with van der Waals surface area (Å²) in [5, 5.41) is 28.2. The predicted molar refractivity (Wildman–Crippen MR) is 82.2 cm³/mol. The number of ether oxygens (including phenoxy) is 1. The number of hydrogen-bond acceptors (Lipinski definition) is 5. The van der Waals surface area contributed by atoms with Gasteiger partial charge in [0.1, 0.15) is 6.10 Å². The van der Waals surface area contributed by atoms with Crippen molar-refractivity contribution in [3.63, 3.8) is 0 Å². The Morgan fingerprint density at radius 1 is 0.864 bits per heavy atom. The highest BCUT2D eigenvalue weighted by Gasteiger charge is 2.19. The maximum absolute atomic E-state index is 12.2. The summed E-state index contributed by atoms with van der Waals surface area (Å²) < 4.78 is 5.52. The smallest absolute Gasteiger partial charge is 0.338 e. The van der Waals surface area contributed by atoms with E-state index in [4.69, 9.17) is 4.74 Å². The summed E-state index contributed by atoms with van der Waals surface area (Å²) in [6, 6.07) is 2.22. The van der Waals surface area contributed by atoms with Crippen LogP contribution in [0.15, 0.2) is 12.1 Å². The van der Waals surface area contributed by atoms with Crippen molar-refractivity contribution in [2.75, 3.05) is 0 Å². The molecule has 0 amide bonds. The van der Waals surface area contributed by atoms with Crippen molar-refractivity contribution in [1.29, 1.82) is 0 Å². The van der Waals surface area contributed by atoms with Gasteiger partial charge in [0.05, 0.1) is 5.56 Å². The average Bonchev–Trinajstić information content (AvgIpc) is 2.50. The normalized spacial score (nSPS) is 17.8. The van der Waals surface area contributed by atoms with Crippen LogP contribution in [0.4, 0.5) is 0 Å². The van der Waals surface area contributed by atoms with Gasteiger partial charge in [-0.1, -0.05) is 32.1 Å². The summed E-state index contributed by atoms with van der Waals surface area (Å²) in [5.41, 5.74) is 0.0462. The molecule has 0 unspecified atom stereocenters. The van der Waals surface area contributed by atoms with E-state index in [2.05, 4.69) is 0 Å². The summed E-state index contributed by atoms with van der Waals surface area (Å²) in [6.45, 7) is 0. The molecule has 0 atom stereocenters. The molecule has 0 heterocycles. The molecule has 122 valence electrons. The first-order chi connectivity index (χ1) is 10.6. The van der Waals surface area contributed by atoms with Gasteiger partial charge >= 0.3 is 5.97 Å². The van der Waals surface area contributed by atoms with Gasteiger partial charge in [-0.15, -0.1) is 0 Å². The molecule has 2 rings (SSSR count).